The summed E-state index contributed by atoms with van der Waals surface area (Å²) in [6.45, 7) is 4.89. The first-order valence-corrected chi connectivity index (χ1v) is 5.69. The van der Waals surface area contributed by atoms with Gasteiger partial charge in [-0.25, -0.2) is 0 Å². The molecule has 15 heavy (non-hydrogen) atoms. The molecule has 0 aliphatic carbocycles. The molecule has 3 atom stereocenters. The lowest BCUT2D eigenvalue weighted by molar-refractivity contribution is 0.143. The van der Waals surface area contributed by atoms with Crippen LogP contribution in [0.25, 0.3) is 0 Å². The minimum Gasteiger partial charge on any atom is -0.391 e. The van der Waals surface area contributed by atoms with E-state index in [9.17, 15) is 5.11 Å². The lowest BCUT2D eigenvalue weighted by Gasteiger charge is -2.25. The summed E-state index contributed by atoms with van der Waals surface area (Å²) in [4.78, 5) is 0. The quantitative estimate of drug-likeness (QED) is 0.524. The Labute approximate surface area is 97.6 Å². The number of β-amino-alcohol motifs (C(OH)–C–C–N with tert-alkyl or cyclic N) is 1. The molecule has 0 saturated carbocycles. The van der Waals surface area contributed by atoms with Crippen LogP contribution in [-0.2, 0) is 0 Å². The predicted octanol–water partition coefficient (Wildman–Crippen LogP) is -0.670. The van der Waals surface area contributed by atoms with Crippen molar-refractivity contribution in [1.82, 2.24) is 16.0 Å². The highest BCUT2D eigenvalue weighted by Crippen LogP contribution is 2.08. The highest BCUT2D eigenvalue weighted by Gasteiger charge is 2.25. The summed E-state index contributed by atoms with van der Waals surface area (Å²) in [7, 11) is 0. The van der Waals surface area contributed by atoms with E-state index in [1.54, 1.807) is 0 Å². The van der Waals surface area contributed by atoms with Gasteiger partial charge < -0.3 is 21.1 Å². The van der Waals surface area contributed by atoms with Gasteiger partial charge in [-0.3, -0.25) is 0 Å². The third-order valence-corrected chi connectivity index (χ3v) is 3.27. The Bertz CT molecular complexity index is 176. The van der Waals surface area contributed by atoms with Gasteiger partial charge in [0.1, 0.15) is 0 Å². The number of aliphatic hydroxyl groups excluding tert-OH is 1. The van der Waals surface area contributed by atoms with E-state index in [0.29, 0.717) is 12.0 Å². The van der Waals surface area contributed by atoms with E-state index in [-0.39, 0.29) is 18.5 Å². The molecular formula is C10H22ClN3O. The van der Waals surface area contributed by atoms with E-state index in [1.165, 1.54) is 12.8 Å². The van der Waals surface area contributed by atoms with Crippen molar-refractivity contribution in [3.8, 4) is 0 Å². The number of halogens is 1. The molecule has 0 amide bonds. The van der Waals surface area contributed by atoms with Gasteiger partial charge in [-0.1, -0.05) is 0 Å². The van der Waals surface area contributed by atoms with Crippen LogP contribution in [0.15, 0.2) is 0 Å². The Morgan fingerprint density at radius 3 is 2.67 bits per heavy atom. The van der Waals surface area contributed by atoms with Crippen LogP contribution in [0.1, 0.15) is 12.8 Å². The van der Waals surface area contributed by atoms with Crippen molar-refractivity contribution in [2.75, 3.05) is 32.7 Å². The Hall–Kier alpha value is 0.130. The molecule has 2 fully saturated rings. The lowest BCUT2D eigenvalue weighted by atomic mass is 10.0. The Kier molecular flexibility index (Phi) is 5.86. The second-order valence-electron chi connectivity index (χ2n) is 4.44. The summed E-state index contributed by atoms with van der Waals surface area (Å²) >= 11 is 0. The molecule has 2 aliphatic rings. The number of nitrogens with one attached hydrogen (secondary N) is 3. The van der Waals surface area contributed by atoms with Crippen LogP contribution >= 0.6 is 12.4 Å². The molecule has 0 aromatic heterocycles. The largest absolute Gasteiger partial charge is 0.391 e. The van der Waals surface area contributed by atoms with E-state index in [1.807, 2.05) is 0 Å². The van der Waals surface area contributed by atoms with Gasteiger partial charge in [-0.05, 0) is 19.4 Å². The normalized spacial score (nSPS) is 36.2. The zero-order valence-electron chi connectivity index (χ0n) is 9.04. The van der Waals surface area contributed by atoms with E-state index in [4.69, 9.17) is 0 Å². The van der Waals surface area contributed by atoms with Crippen molar-refractivity contribution >= 4 is 12.4 Å². The summed E-state index contributed by atoms with van der Waals surface area (Å²) in [5.74, 6) is 0.400. The van der Waals surface area contributed by atoms with Crippen LogP contribution < -0.4 is 16.0 Å². The van der Waals surface area contributed by atoms with Gasteiger partial charge in [-0.2, -0.15) is 0 Å². The first kappa shape index (κ1) is 13.2. The Morgan fingerprint density at radius 1 is 1.20 bits per heavy atom. The minimum absolute atomic E-state index is 0. The first-order chi connectivity index (χ1) is 6.86. The van der Waals surface area contributed by atoms with Crippen LogP contribution in [0.3, 0.4) is 0 Å². The van der Waals surface area contributed by atoms with Crippen LogP contribution in [-0.4, -0.2) is 50.0 Å². The third kappa shape index (κ3) is 3.89. The number of piperidine rings is 1. The second-order valence-corrected chi connectivity index (χ2v) is 4.44. The van der Waals surface area contributed by atoms with Gasteiger partial charge in [0.05, 0.1) is 6.10 Å². The minimum atomic E-state index is -0.154. The van der Waals surface area contributed by atoms with Crippen molar-refractivity contribution in [2.45, 2.75) is 25.0 Å². The SMILES string of the molecule is Cl.OC1CNCC1CNC1CCCNC1. The maximum Gasteiger partial charge on any atom is 0.0716 e. The average Bonchev–Trinajstić information content (AvgIpc) is 2.63. The van der Waals surface area contributed by atoms with Crippen molar-refractivity contribution < 1.29 is 5.11 Å². The molecule has 4 nitrogen and oxygen atoms in total. The molecule has 90 valence electrons. The van der Waals surface area contributed by atoms with Crippen molar-refractivity contribution in [3.05, 3.63) is 0 Å². The molecule has 5 heteroatoms. The molecule has 0 radical (unpaired) electrons. The van der Waals surface area contributed by atoms with Crippen molar-refractivity contribution in [2.24, 2.45) is 5.92 Å². The summed E-state index contributed by atoms with van der Waals surface area (Å²) in [5.41, 5.74) is 0. The fraction of sp³-hybridized carbons (Fsp3) is 1.00. The number of rotatable bonds is 3. The Morgan fingerprint density at radius 2 is 2.07 bits per heavy atom. The van der Waals surface area contributed by atoms with Crippen LogP contribution in [0.5, 0.6) is 0 Å². The lowest BCUT2D eigenvalue weighted by Crippen LogP contribution is -2.45. The van der Waals surface area contributed by atoms with Crippen molar-refractivity contribution in [3.63, 3.8) is 0 Å². The molecule has 2 saturated heterocycles. The molecule has 0 aromatic rings. The summed E-state index contributed by atoms with van der Waals surface area (Å²) in [6, 6.07) is 0.608. The third-order valence-electron chi connectivity index (χ3n) is 3.27. The van der Waals surface area contributed by atoms with Gasteiger partial charge in [-0.15, -0.1) is 12.4 Å². The number of hydrogen-bond donors (Lipinski definition) is 4. The molecular weight excluding hydrogens is 214 g/mol. The molecule has 2 aliphatic heterocycles. The average molecular weight is 236 g/mol. The molecule has 2 heterocycles. The number of hydrogen-bond acceptors (Lipinski definition) is 4. The molecule has 4 N–H and O–H groups in total. The fourth-order valence-corrected chi connectivity index (χ4v) is 2.27. The molecule has 2 rings (SSSR count). The highest BCUT2D eigenvalue weighted by atomic mass is 35.5. The summed E-state index contributed by atoms with van der Waals surface area (Å²) in [5, 5.41) is 19.7. The van der Waals surface area contributed by atoms with E-state index in [2.05, 4.69) is 16.0 Å². The fourth-order valence-electron chi connectivity index (χ4n) is 2.27. The first-order valence-electron chi connectivity index (χ1n) is 5.69. The maximum atomic E-state index is 9.60. The summed E-state index contributed by atoms with van der Waals surface area (Å²) in [6.07, 6.45) is 2.38. The van der Waals surface area contributed by atoms with Gasteiger partial charge in [0.25, 0.3) is 0 Å². The van der Waals surface area contributed by atoms with Gasteiger partial charge >= 0.3 is 0 Å². The standard InChI is InChI=1S/C10H21N3O.ClH/c14-10-7-12-4-8(10)5-13-9-2-1-3-11-6-9;/h8-14H,1-7H2;1H. The molecule has 0 aromatic carbocycles. The van der Waals surface area contributed by atoms with E-state index < -0.39 is 0 Å². The maximum absolute atomic E-state index is 9.60. The van der Waals surface area contributed by atoms with Crippen molar-refractivity contribution in [1.29, 1.82) is 0 Å². The smallest absolute Gasteiger partial charge is 0.0716 e. The van der Waals surface area contributed by atoms with Gasteiger partial charge in [0.2, 0.25) is 0 Å². The summed E-state index contributed by atoms with van der Waals surface area (Å²) < 4.78 is 0. The topological polar surface area (TPSA) is 56.3 Å². The Balaban J connectivity index is 0.00000112. The highest BCUT2D eigenvalue weighted by molar-refractivity contribution is 5.85. The molecule has 0 spiro atoms. The monoisotopic (exact) mass is 235 g/mol. The zero-order chi connectivity index (χ0) is 9.80. The second kappa shape index (κ2) is 6.66. The molecule has 0 bridgehead atoms. The van der Waals surface area contributed by atoms with Crippen LogP contribution in [0, 0.1) is 5.92 Å². The van der Waals surface area contributed by atoms with E-state index >= 15 is 0 Å². The zero-order valence-corrected chi connectivity index (χ0v) is 9.85. The molecule has 3 unspecified atom stereocenters. The number of aliphatic hydroxyl groups is 1. The predicted molar refractivity (Wildman–Crippen MR) is 63.5 cm³/mol. The van der Waals surface area contributed by atoms with E-state index in [0.717, 1.165) is 32.7 Å². The van der Waals surface area contributed by atoms with Gasteiger partial charge in [0, 0.05) is 38.1 Å². The van der Waals surface area contributed by atoms with Crippen LogP contribution in [0.4, 0.5) is 0 Å². The van der Waals surface area contributed by atoms with Crippen LogP contribution in [0.2, 0.25) is 0 Å². The van der Waals surface area contributed by atoms with Gasteiger partial charge in [0.15, 0.2) is 0 Å².